The van der Waals surface area contributed by atoms with Crippen molar-refractivity contribution < 1.29 is 0 Å². The predicted octanol–water partition coefficient (Wildman–Crippen LogP) is 3.61. The van der Waals surface area contributed by atoms with Crippen molar-refractivity contribution in [3.05, 3.63) is 28.9 Å². The molecule has 2 aromatic rings. The molecule has 72 valence electrons. The number of nitrogens with zero attached hydrogens (tertiary/aromatic N) is 1. The maximum absolute atomic E-state index is 5.37. The van der Waals surface area contributed by atoms with Gasteiger partial charge in [0.2, 0.25) is 0 Å². The molecule has 0 spiro atoms. The van der Waals surface area contributed by atoms with E-state index in [0.717, 1.165) is 11.1 Å². The van der Waals surface area contributed by atoms with Crippen molar-refractivity contribution >= 4 is 21.4 Å². The summed E-state index contributed by atoms with van der Waals surface area (Å²) in [5.41, 5.74) is 2.14. The Morgan fingerprint density at radius 2 is 2.07 bits per heavy atom. The van der Waals surface area contributed by atoms with Gasteiger partial charge in [0.15, 0.2) is 0 Å². The molecule has 0 atom stereocenters. The van der Waals surface area contributed by atoms with E-state index < -0.39 is 0 Å². The predicted molar refractivity (Wildman–Crippen MR) is 63.6 cm³/mol. The molecule has 0 saturated carbocycles. The molecular formula is C12H13NS. The highest BCUT2D eigenvalue weighted by atomic mass is 32.1. The second-order valence-corrected chi connectivity index (χ2v) is 3.53. The van der Waals surface area contributed by atoms with Crippen LogP contribution in [0.25, 0.3) is 10.1 Å². The normalized spacial score (nSPS) is 9.00. The molecule has 0 unspecified atom stereocenters. The molecule has 2 aromatic heterocycles. The number of rotatable bonds is 0. The average Bonchev–Trinajstić information content (AvgIpc) is 2.65. The van der Waals surface area contributed by atoms with Gasteiger partial charge in [0.1, 0.15) is 0 Å². The SMILES string of the molecule is C#Cc1csc2cncc(C)c12.CC. The number of hydrogen-bond donors (Lipinski definition) is 0. The fourth-order valence-electron chi connectivity index (χ4n) is 1.26. The first kappa shape index (κ1) is 10.7. The van der Waals surface area contributed by atoms with Crippen molar-refractivity contribution in [2.75, 3.05) is 0 Å². The Labute approximate surface area is 88.8 Å². The number of aromatic nitrogens is 1. The number of terminal acetylenes is 1. The Morgan fingerprint density at radius 3 is 2.71 bits per heavy atom. The van der Waals surface area contributed by atoms with Gasteiger partial charge in [-0.15, -0.1) is 17.8 Å². The molecule has 2 heterocycles. The van der Waals surface area contributed by atoms with E-state index in [0.29, 0.717) is 0 Å². The number of pyridine rings is 1. The van der Waals surface area contributed by atoms with Crippen LogP contribution in [0.2, 0.25) is 0 Å². The van der Waals surface area contributed by atoms with Gasteiger partial charge in [-0.25, -0.2) is 0 Å². The first-order valence-electron chi connectivity index (χ1n) is 4.61. The average molecular weight is 203 g/mol. The van der Waals surface area contributed by atoms with Gasteiger partial charge in [0, 0.05) is 28.7 Å². The largest absolute Gasteiger partial charge is 0.263 e. The zero-order valence-corrected chi connectivity index (χ0v) is 9.48. The van der Waals surface area contributed by atoms with E-state index in [9.17, 15) is 0 Å². The highest BCUT2D eigenvalue weighted by Gasteiger charge is 2.03. The minimum absolute atomic E-state index is 0.981. The minimum atomic E-state index is 0.981. The topological polar surface area (TPSA) is 12.9 Å². The molecule has 14 heavy (non-hydrogen) atoms. The van der Waals surface area contributed by atoms with E-state index in [4.69, 9.17) is 6.42 Å². The Kier molecular flexibility index (Phi) is 3.67. The summed E-state index contributed by atoms with van der Waals surface area (Å²) >= 11 is 1.65. The van der Waals surface area contributed by atoms with Gasteiger partial charge in [0.05, 0.1) is 4.70 Å². The van der Waals surface area contributed by atoms with E-state index in [1.165, 1.54) is 10.1 Å². The Hall–Kier alpha value is -1.33. The Balaban J connectivity index is 0.000000461. The summed E-state index contributed by atoms with van der Waals surface area (Å²) < 4.78 is 1.17. The van der Waals surface area contributed by atoms with Gasteiger partial charge in [0.25, 0.3) is 0 Å². The Bertz CT molecular complexity index is 463. The molecule has 0 N–H and O–H groups in total. The third-order valence-corrected chi connectivity index (χ3v) is 2.75. The molecule has 2 heteroatoms. The van der Waals surface area contributed by atoms with Crippen molar-refractivity contribution in [1.29, 1.82) is 0 Å². The second-order valence-electron chi connectivity index (χ2n) is 2.62. The van der Waals surface area contributed by atoms with E-state index in [1.54, 1.807) is 11.3 Å². The summed E-state index contributed by atoms with van der Waals surface area (Å²) in [5, 5.41) is 3.18. The fourth-order valence-corrected chi connectivity index (χ4v) is 2.20. The smallest absolute Gasteiger partial charge is 0.0541 e. The number of fused-ring (bicyclic) bond motifs is 1. The summed E-state index contributed by atoms with van der Waals surface area (Å²) in [6, 6.07) is 0. The van der Waals surface area contributed by atoms with Crippen molar-refractivity contribution in [3.8, 4) is 12.3 Å². The fraction of sp³-hybridized carbons (Fsp3) is 0.250. The molecule has 0 fully saturated rings. The van der Waals surface area contributed by atoms with Crippen LogP contribution >= 0.6 is 11.3 Å². The highest BCUT2D eigenvalue weighted by Crippen LogP contribution is 2.26. The zero-order chi connectivity index (χ0) is 10.6. The van der Waals surface area contributed by atoms with Gasteiger partial charge >= 0.3 is 0 Å². The van der Waals surface area contributed by atoms with Crippen LogP contribution in [0.1, 0.15) is 25.0 Å². The summed E-state index contributed by atoms with van der Waals surface area (Å²) in [6.45, 7) is 6.03. The van der Waals surface area contributed by atoms with Crippen LogP contribution in [-0.4, -0.2) is 4.98 Å². The van der Waals surface area contributed by atoms with E-state index in [-0.39, 0.29) is 0 Å². The molecule has 0 bridgehead atoms. The lowest BCUT2D eigenvalue weighted by molar-refractivity contribution is 1.32. The zero-order valence-electron chi connectivity index (χ0n) is 8.66. The van der Waals surface area contributed by atoms with E-state index in [1.807, 2.05) is 38.5 Å². The van der Waals surface area contributed by atoms with Gasteiger partial charge in [-0.05, 0) is 12.5 Å². The highest BCUT2D eigenvalue weighted by molar-refractivity contribution is 7.17. The minimum Gasteiger partial charge on any atom is -0.263 e. The van der Waals surface area contributed by atoms with Crippen LogP contribution in [-0.2, 0) is 0 Å². The van der Waals surface area contributed by atoms with Crippen LogP contribution in [0.5, 0.6) is 0 Å². The summed E-state index contributed by atoms with van der Waals surface area (Å²) in [5.74, 6) is 2.67. The third-order valence-electron chi connectivity index (χ3n) is 1.83. The molecule has 0 radical (unpaired) electrons. The van der Waals surface area contributed by atoms with Gasteiger partial charge in [-0.1, -0.05) is 19.8 Å². The second kappa shape index (κ2) is 4.78. The van der Waals surface area contributed by atoms with Crippen LogP contribution in [0.4, 0.5) is 0 Å². The monoisotopic (exact) mass is 203 g/mol. The summed E-state index contributed by atoms with van der Waals surface area (Å²) in [6.07, 6.45) is 9.06. The molecule has 0 saturated heterocycles. The van der Waals surface area contributed by atoms with E-state index >= 15 is 0 Å². The lowest BCUT2D eigenvalue weighted by Crippen LogP contribution is -1.78. The molecule has 0 amide bonds. The van der Waals surface area contributed by atoms with Crippen molar-refractivity contribution in [1.82, 2.24) is 4.98 Å². The van der Waals surface area contributed by atoms with Gasteiger partial charge in [-0.3, -0.25) is 4.98 Å². The molecule has 2 rings (SSSR count). The lowest BCUT2D eigenvalue weighted by atomic mass is 10.1. The van der Waals surface area contributed by atoms with Crippen LogP contribution in [0.3, 0.4) is 0 Å². The summed E-state index contributed by atoms with van der Waals surface area (Å²) in [4.78, 5) is 4.10. The van der Waals surface area contributed by atoms with Crippen molar-refractivity contribution in [2.24, 2.45) is 0 Å². The molecule has 0 aliphatic heterocycles. The summed E-state index contributed by atoms with van der Waals surface area (Å²) in [7, 11) is 0. The Morgan fingerprint density at radius 1 is 1.36 bits per heavy atom. The first-order valence-corrected chi connectivity index (χ1v) is 5.49. The van der Waals surface area contributed by atoms with Crippen molar-refractivity contribution in [2.45, 2.75) is 20.8 Å². The molecule has 0 aromatic carbocycles. The lowest BCUT2D eigenvalue weighted by Gasteiger charge is -1.94. The standard InChI is InChI=1S/C10H7NS.C2H6/c1-3-8-6-12-9-5-11-4-7(2)10(8)9;1-2/h1,4-6H,2H3;1-2H3. The third kappa shape index (κ3) is 1.78. The van der Waals surface area contributed by atoms with Crippen LogP contribution in [0.15, 0.2) is 17.8 Å². The number of thiophene rings is 1. The maximum atomic E-state index is 5.37. The molecule has 1 nitrogen and oxygen atoms in total. The van der Waals surface area contributed by atoms with Crippen LogP contribution in [0, 0.1) is 19.3 Å². The quantitative estimate of drug-likeness (QED) is 0.596. The molecular weight excluding hydrogens is 190 g/mol. The van der Waals surface area contributed by atoms with Gasteiger partial charge < -0.3 is 0 Å². The van der Waals surface area contributed by atoms with Gasteiger partial charge in [-0.2, -0.15) is 0 Å². The van der Waals surface area contributed by atoms with E-state index in [2.05, 4.69) is 10.9 Å². The molecule has 0 aliphatic carbocycles. The number of aryl methyl sites for hydroxylation is 1. The van der Waals surface area contributed by atoms with Crippen molar-refractivity contribution in [3.63, 3.8) is 0 Å². The first-order chi connectivity index (χ1) is 6.83. The molecule has 0 aliphatic rings. The van der Waals surface area contributed by atoms with Crippen LogP contribution < -0.4 is 0 Å². The number of hydrogen-bond acceptors (Lipinski definition) is 2. The maximum Gasteiger partial charge on any atom is 0.0541 e.